The van der Waals surface area contributed by atoms with Gasteiger partial charge in [0, 0.05) is 17.8 Å². The van der Waals surface area contributed by atoms with E-state index in [1.165, 1.54) is 30.3 Å². The zero-order valence-electron chi connectivity index (χ0n) is 16.1. The predicted molar refractivity (Wildman–Crippen MR) is 107 cm³/mol. The largest absolute Gasteiger partial charge is 0.483 e. The van der Waals surface area contributed by atoms with E-state index in [0.717, 1.165) is 11.1 Å². The molecule has 0 saturated heterocycles. The lowest BCUT2D eigenvalue weighted by atomic mass is 10.1. The van der Waals surface area contributed by atoms with E-state index in [1.54, 1.807) is 6.92 Å². The molecule has 13 heteroatoms. The van der Waals surface area contributed by atoms with Crippen LogP contribution in [0, 0.1) is 10.1 Å². The molecule has 0 saturated carbocycles. The van der Waals surface area contributed by atoms with Crippen LogP contribution in [0.5, 0.6) is 0 Å². The summed E-state index contributed by atoms with van der Waals surface area (Å²) in [4.78, 5) is 37.3. The second-order valence-corrected chi connectivity index (χ2v) is 9.13. The van der Waals surface area contributed by atoms with E-state index in [1.807, 2.05) is 19.9 Å². The zero-order chi connectivity index (χ0) is 22.2. The van der Waals surface area contributed by atoms with Crippen molar-refractivity contribution in [2.45, 2.75) is 39.8 Å². The van der Waals surface area contributed by atoms with Crippen LogP contribution in [0.2, 0.25) is 0 Å². The fourth-order valence-corrected chi connectivity index (χ4v) is 3.80. The number of phosphoric ester groups is 1. The zero-order valence-corrected chi connectivity index (χ0v) is 17.9. The number of anilines is 1. The summed E-state index contributed by atoms with van der Waals surface area (Å²) in [5.74, 6) is 0. The highest BCUT2D eigenvalue weighted by Gasteiger charge is 2.34. The van der Waals surface area contributed by atoms with Gasteiger partial charge in [0.25, 0.3) is 5.69 Å². The van der Waals surface area contributed by atoms with Crippen LogP contribution in [0.25, 0.3) is 0 Å². The van der Waals surface area contributed by atoms with Gasteiger partial charge in [-0.2, -0.15) is 4.31 Å². The first-order valence-corrected chi connectivity index (χ1v) is 11.4. The minimum atomic E-state index is -5.28. The van der Waals surface area contributed by atoms with E-state index in [0.29, 0.717) is 18.5 Å². The molecule has 0 amide bonds. The van der Waals surface area contributed by atoms with E-state index in [9.17, 15) is 24.1 Å². The maximum absolute atomic E-state index is 11.9. The van der Waals surface area contributed by atoms with Crippen LogP contribution in [-0.2, 0) is 18.0 Å². The standard InChI is InChI=1S/C16H24N2O9P2/c1-12(2)5-4-6-13(3)11-16(26-29(24,25)27-28(21,22)23)17-14-7-9-15(10-8-14)18(19)20/h5,7-11,16-17H,4,6H2,1-3H3,(H,24,25)(H2,21,22,23)/b13-11+. The van der Waals surface area contributed by atoms with Crippen molar-refractivity contribution in [2.75, 3.05) is 5.32 Å². The van der Waals surface area contributed by atoms with Crippen LogP contribution in [0.15, 0.2) is 47.6 Å². The van der Waals surface area contributed by atoms with Gasteiger partial charge in [0.1, 0.15) is 0 Å². The number of phosphoric acid groups is 2. The first-order valence-electron chi connectivity index (χ1n) is 8.37. The molecule has 1 aromatic rings. The molecule has 1 aromatic carbocycles. The number of nitrogens with one attached hydrogen (secondary N) is 1. The molecule has 2 atom stereocenters. The summed E-state index contributed by atoms with van der Waals surface area (Å²) in [7, 11) is -10.4. The molecule has 0 aliphatic heterocycles. The number of nitrogens with zero attached hydrogens (tertiary/aromatic N) is 1. The van der Waals surface area contributed by atoms with Gasteiger partial charge in [0.15, 0.2) is 6.23 Å². The van der Waals surface area contributed by atoms with Gasteiger partial charge < -0.3 is 20.0 Å². The summed E-state index contributed by atoms with van der Waals surface area (Å²) in [5.41, 5.74) is 2.05. The van der Waals surface area contributed by atoms with Gasteiger partial charge >= 0.3 is 15.6 Å². The lowest BCUT2D eigenvalue weighted by Gasteiger charge is -2.21. The number of hydrogen-bond donors (Lipinski definition) is 4. The fraction of sp³-hybridized carbons (Fsp3) is 0.375. The Kier molecular flexibility index (Phi) is 9.38. The fourth-order valence-electron chi connectivity index (χ4n) is 2.17. The molecule has 0 spiro atoms. The van der Waals surface area contributed by atoms with E-state index in [2.05, 4.69) is 9.63 Å². The average Bonchev–Trinajstić information content (AvgIpc) is 2.51. The van der Waals surface area contributed by atoms with Gasteiger partial charge in [0.05, 0.1) is 4.92 Å². The molecule has 4 N–H and O–H groups in total. The van der Waals surface area contributed by atoms with Gasteiger partial charge in [-0.3, -0.25) is 14.6 Å². The number of hydrogen-bond acceptors (Lipinski definition) is 7. The minimum absolute atomic E-state index is 0.154. The number of nitro groups is 1. The number of rotatable bonds is 11. The van der Waals surface area contributed by atoms with Crippen LogP contribution >= 0.6 is 15.6 Å². The van der Waals surface area contributed by atoms with E-state index in [4.69, 9.17) is 14.3 Å². The molecule has 1 rings (SSSR count). The topological polar surface area (TPSA) is 168 Å². The Balaban J connectivity index is 3.03. The molecule has 29 heavy (non-hydrogen) atoms. The molecule has 0 heterocycles. The molecular weight excluding hydrogens is 426 g/mol. The Morgan fingerprint density at radius 2 is 1.79 bits per heavy atom. The number of nitro benzene ring substituents is 1. The molecular formula is C16H24N2O9P2. The summed E-state index contributed by atoms with van der Waals surface area (Å²) in [6.45, 7) is 5.64. The Hall–Kier alpha value is -1.84. The minimum Gasteiger partial charge on any atom is -0.356 e. The number of non-ortho nitro benzene ring substituents is 1. The molecule has 2 unspecified atom stereocenters. The normalized spacial score (nSPS) is 15.3. The van der Waals surface area contributed by atoms with Crippen molar-refractivity contribution in [3.63, 3.8) is 0 Å². The third-order valence-electron chi connectivity index (χ3n) is 3.37. The third-order valence-corrected chi connectivity index (χ3v) is 5.54. The van der Waals surface area contributed by atoms with Gasteiger partial charge in [0.2, 0.25) is 0 Å². The summed E-state index contributed by atoms with van der Waals surface area (Å²) >= 11 is 0. The van der Waals surface area contributed by atoms with Crippen molar-refractivity contribution in [1.82, 2.24) is 0 Å². The van der Waals surface area contributed by atoms with Crippen LogP contribution < -0.4 is 5.32 Å². The van der Waals surface area contributed by atoms with Crippen molar-refractivity contribution in [3.05, 3.63) is 57.7 Å². The average molecular weight is 450 g/mol. The molecule has 0 aliphatic carbocycles. The first-order chi connectivity index (χ1) is 13.3. The lowest BCUT2D eigenvalue weighted by Crippen LogP contribution is -2.20. The molecule has 0 radical (unpaired) electrons. The molecule has 0 bridgehead atoms. The third kappa shape index (κ3) is 11.1. The van der Waals surface area contributed by atoms with Crippen LogP contribution in [0.4, 0.5) is 11.4 Å². The first kappa shape index (κ1) is 25.2. The Morgan fingerprint density at radius 3 is 2.28 bits per heavy atom. The van der Waals surface area contributed by atoms with Crippen LogP contribution in [-0.4, -0.2) is 25.8 Å². The molecule has 0 aliphatic rings. The summed E-state index contributed by atoms with van der Waals surface area (Å²) < 4.78 is 31.5. The Labute approximate surface area is 168 Å². The van der Waals surface area contributed by atoms with Gasteiger partial charge in [-0.25, -0.2) is 9.13 Å². The van der Waals surface area contributed by atoms with Crippen LogP contribution in [0.3, 0.4) is 0 Å². The Bertz CT molecular complexity index is 858. The van der Waals surface area contributed by atoms with E-state index < -0.39 is 26.8 Å². The highest BCUT2D eigenvalue weighted by molar-refractivity contribution is 7.60. The molecule has 0 fully saturated rings. The monoisotopic (exact) mass is 450 g/mol. The van der Waals surface area contributed by atoms with E-state index in [-0.39, 0.29) is 5.69 Å². The highest BCUT2D eigenvalue weighted by atomic mass is 31.3. The van der Waals surface area contributed by atoms with Crippen molar-refractivity contribution >= 4 is 27.0 Å². The number of benzene rings is 1. The van der Waals surface area contributed by atoms with Crippen LogP contribution in [0.1, 0.15) is 33.6 Å². The smallest absolute Gasteiger partial charge is 0.356 e. The van der Waals surface area contributed by atoms with Gasteiger partial charge in [-0.05, 0) is 51.8 Å². The van der Waals surface area contributed by atoms with Gasteiger partial charge in [-0.1, -0.05) is 17.2 Å². The summed E-state index contributed by atoms with van der Waals surface area (Å²) in [6.07, 6.45) is 3.47. The summed E-state index contributed by atoms with van der Waals surface area (Å²) in [5, 5.41) is 13.4. The molecule has 11 nitrogen and oxygen atoms in total. The highest BCUT2D eigenvalue weighted by Crippen LogP contribution is 2.58. The number of allylic oxidation sites excluding steroid dienone is 3. The van der Waals surface area contributed by atoms with Crippen molar-refractivity contribution < 1.29 is 37.6 Å². The Morgan fingerprint density at radius 1 is 1.21 bits per heavy atom. The second-order valence-electron chi connectivity index (χ2n) is 6.35. The maximum Gasteiger partial charge on any atom is 0.483 e. The van der Waals surface area contributed by atoms with E-state index >= 15 is 0 Å². The SMILES string of the molecule is CC(C)=CCC/C(C)=C/C(Nc1ccc([N+](=O)[O-])cc1)OP(=O)(O)OP(=O)(O)O. The van der Waals surface area contributed by atoms with Gasteiger partial charge in [-0.15, -0.1) is 0 Å². The lowest BCUT2D eigenvalue weighted by molar-refractivity contribution is -0.384. The predicted octanol–water partition coefficient (Wildman–Crippen LogP) is 4.25. The molecule has 0 aromatic heterocycles. The maximum atomic E-state index is 11.9. The van der Waals surface area contributed by atoms with Crippen molar-refractivity contribution in [2.24, 2.45) is 0 Å². The quantitative estimate of drug-likeness (QED) is 0.126. The molecule has 162 valence electrons. The summed E-state index contributed by atoms with van der Waals surface area (Å²) in [6, 6.07) is 5.14. The van der Waals surface area contributed by atoms with Crippen molar-refractivity contribution in [1.29, 1.82) is 0 Å². The van der Waals surface area contributed by atoms with Crippen molar-refractivity contribution in [3.8, 4) is 0 Å². The second kappa shape index (κ2) is 10.8.